The van der Waals surface area contributed by atoms with Crippen LogP contribution >= 0.6 is 0 Å². The predicted octanol–water partition coefficient (Wildman–Crippen LogP) is 1.87. The molecule has 0 fully saturated rings. The van der Waals surface area contributed by atoms with Gasteiger partial charge in [0, 0.05) is 26.4 Å². The number of carbonyl (C=O) groups is 2. The van der Waals surface area contributed by atoms with Crippen molar-refractivity contribution in [2.45, 2.75) is 58.7 Å². The second kappa shape index (κ2) is 8.29. The molecule has 0 saturated carbocycles. The number of rotatable bonds is 6. The third kappa shape index (κ3) is 4.15. The van der Waals surface area contributed by atoms with Crippen LogP contribution in [0.25, 0.3) is 0 Å². The summed E-state index contributed by atoms with van der Waals surface area (Å²) in [5, 5.41) is 13.0. The van der Waals surface area contributed by atoms with Crippen molar-refractivity contribution >= 4 is 11.8 Å². The molecule has 2 atom stereocenters. The summed E-state index contributed by atoms with van der Waals surface area (Å²) >= 11 is 0. The van der Waals surface area contributed by atoms with Gasteiger partial charge in [0.25, 0.3) is 0 Å². The van der Waals surface area contributed by atoms with E-state index in [0.717, 1.165) is 24.0 Å². The lowest BCUT2D eigenvalue weighted by molar-refractivity contribution is -0.140. The minimum Gasteiger partial charge on any atom is -0.391 e. The summed E-state index contributed by atoms with van der Waals surface area (Å²) in [5.41, 5.74) is 2.20. The lowest BCUT2D eigenvalue weighted by Gasteiger charge is -2.35. The first kappa shape index (κ1) is 18.5. The van der Waals surface area contributed by atoms with Crippen molar-refractivity contribution in [3.63, 3.8) is 0 Å². The number of fused-ring (bicyclic) bond motifs is 1. The molecule has 2 unspecified atom stereocenters. The molecular weight excluding hydrogens is 304 g/mol. The maximum atomic E-state index is 12.6. The maximum Gasteiger partial charge on any atom is 0.243 e. The van der Waals surface area contributed by atoms with Crippen molar-refractivity contribution in [3.05, 3.63) is 35.4 Å². The van der Waals surface area contributed by atoms with Crippen LogP contribution in [0.5, 0.6) is 0 Å². The summed E-state index contributed by atoms with van der Waals surface area (Å²) in [6, 6.07) is 7.39. The molecule has 24 heavy (non-hydrogen) atoms. The molecule has 0 bridgehead atoms. The number of aliphatic hydroxyl groups is 1. The van der Waals surface area contributed by atoms with Crippen LogP contribution in [0.3, 0.4) is 0 Å². The zero-order valence-electron chi connectivity index (χ0n) is 14.8. The minimum atomic E-state index is -0.550. The van der Waals surface area contributed by atoms with E-state index in [1.54, 1.807) is 4.90 Å². The Hall–Kier alpha value is -1.88. The molecule has 0 aromatic heterocycles. The highest BCUT2D eigenvalue weighted by molar-refractivity contribution is 5.87. The third-order valence-electron chi connectivity index (χ3n) is 5.03. The molecule has 5 heteroatoms. The van der Waals surface area contributed by atoms with Gasteiger partial charge in [-0.2, -0.15) is 0 Å². The highest BCUT2D eigenvalue weighted by Gasteiger charge is 2.33. The maximum absolute atomic E-state index is 12.6. The number of hydrogen-bond donors (Lipinski definition) is 2. The first-order valence-corrected chi connectivity index (χ1v) is 8.77. The monoisotopic (exact) mass is 332 g/mol. The van der Waals surface area contributed by atoms with Crippen LogP contribution in [-0.4, -0.2) is 40.5 Å². The number of benzene rings is 1. The summed E-state index contributed by atoms with van der Waals surface area (Å²) in [6.07, 6.45) is 1.72. The van der Waals surface area contributed by atoms with Crippen LogP contribution in [0.15, 0.2) is 24.3 Å². The quantitative estimate of drug-likeness (QED) is 0.835. The molecule has 2 N–H and O–H groups in total. The summed E-state index contributed by atoms with van der Waals surface area (Å²) in [5.74, 6) is -0.115. The van der Waals surface area contributed by atoms with E-state index in [-0.39, 0.29) is 24.3 Å². The Kier molecular flexibility index (Phi) is 6.37. The van der Waals surface area contributed by atoms with E-state index < -0.39 is 12.1 Å². The number of aliphatic hydroxyl groups excluding tert-OH is 1. The molecule has 0 spiro atoms. The van der Waals surface area contributed by atoms with Gasteiger partial charge >= 0.3 is 0 Å². The molecule has 1 aromatic carbocycles. The minimum absolute atomic E-state index is 0.106. The largest absolute Gasteiger partial charge is 0.391 e. The normalized spacial score (nSPS) is 18.2. The Morgan fingerprint density at radius 2 is 1.88 bits per heavy atom. The van der Waals surface area contributed by atoms with Crippen LogP contribution < -0.4 is 5.32 Å². The zero-order valence-corrected chi connectivity index (χ0v) is 14.8. The van der Waals surface area contributed by atoms with Gasteiger partial charge in [0.15, 0.2) is 0 Å². The molecule has 132 valence electrons. The van der Waals surface area contributed by atoms with E-state index in [4.69, 9.17) is 0 Å². The SMILES string of the molecule is CCC(CC)C(O)CNC(=O)C1Cc2ccccc2CN1C(C)=O. The van der Waals surface area contributed by atoms with E-state index in [2.05, 4.69) is 5.32 Å². The van der Waals surface area contributed by atoms with E-state index in [1.807, 2.05) is 38.1 Å². The average Bonchev–Trinajstić information content (AvgIpc) is 2.59. The molecule has 1 heterocycles. The smallest absolute Gasteiger partial charge is 0.243 e. The standard InChI is InChI=1S/C19H28N2O3/c1-4-14(5-2)18(23)11-20-19(24)17-10-15-8-6-7-9-16(15)12-21(17)13(3)22/h6-9,14,17-18,23H,4-5,10-12H2,1-3H3,(H,20,24). The average molecular weight is 332 g/mol. The Morgan fingerprint density at radius 3 is 2.46 bits per heavy atom. The molecule has 2 rings (SSSR count). The third-order valence-corrected chi connectivity index (χ3v) is 5.03. The highest BCUT2D eigenvalue weighted by atomic mass is 16.3. The van der Waals surface area contributed by atoms with Crippen molar-refractivity contribution < 1.29 is 14.7 Å². The molecular formula is C19H28N2O3. The highest BCUT2D eigenvalue weighted by Crippen LogP contribution is 2.23. The van der Waals surface area contributed by atoms with Gasteiger partial charge in [0.1, 0.15) is 6.04 Å². The van der Waals surface area contributed by atoms with Crippen LogP contribution in [-0.2, 0) is 22.6 Å². The fourth-order valence-corrected chi connectivity index (χ4v) is 3.41. The number of nitrogens with zero attached hydrogens (tertiary/aromatic N) is 1. The summed E-state index contributed by atoms with van der Waals surface area (Å²) in [7, 11) is 0. The van der Waals surface area contributed by atoms with Crippen molar-refractivity contribution in [3.8, 4) is 0 Å². The number of carbonyl (C=O) groups excluding carboxylic acids is 2. The van der Waals surface area contributed by atoms with Crippen LogP contribution in [0, 0.1) is 5.92 Å². The molecule has 0 radical (unpaired) electrons. The Morgan fingerprint density at radius 1 is 1.25 bits per heavy atom. The van der Waals surface area contributed by atoms with Gasteiger partial charge in [-0.05, 0) is 17.0 Å². The molecule has 0 saturated heterocycles. The fraction of sp³-hybridized carbons (Fsp3) is 0.579. The van der Waals surface area contributed by atoms with Crippen molar-refractivity contribution in [2.24, 2.45) is 5.92 Å². The molecule has 0 aliphatic carbocycles. The van der Waals surface area contributed by atoms with Crippen molar-refractivity contribution in [1.82, 2.24) is 10.2 Å². The molecule has 1 aromatic rings. The first-order chi connectivity index (χ1) is 11.5. The Bertz CT molecular complexity index is 584. The second-order valence-corrected chi connectivity index (χ2v) is 6.52. The van der Waals surface area contributed by atoms with Gasteiger partial charge in [-0.3, -0.25) is 9.59 Å². The van der Waals surface area contributed by atoms with E-state index in [1.165, 1.54) is 6.92 Å². The van der Waals surface area contributed by atoms with Gasteiger partial charge in [-0.25, -0.2) is 0 Å². The molecule has 1 aliphatic heterocycles. The van der Waals surface area contributed by atoms with E-state index in [0.29, 0.717) is 13.0 Å². The molecule has 5 nitrogen and oxygen atoms in total. The van der Waals surface area contributed by atoms with E-state index in [9.17, 15) is 14.7 Å². The molecule has 1 aliphatic rings. The summed E-state index contributed by atoms with van der Waals surface area (Å²) < 4.78 is 0. The predicted molar refractivity (Wildman–Crippen MR) is 93.2 cm³/mol. The number of hydrogen-bond acceptors (Lipinski definition) is 3. The Labute approximate surface area is 144 Å². The number of amides is 2. The Balaban J connectivity index is 2.05. The van der Waals surface area contributed by atoms with Crippen LogP contribution in [0.1, 0.15) is 44.7 Å². The lowest BCUT2D eigenvalue weighted by atomic mass is 9.93. The second-order valence-electron chi connectivity index (χ2n) is 6.52. The van der Waals surface area contributed by atoms with Gasteiger partial charge in [0.05, 0.1) is 6.10 Å². The molecule has 2 amide bonds. The topological polar surface area (TPSA) is 69.6 Å². The van der Waals surface area contributed by atoms with Gasteiger partial charge in [-0.1, -0.05) is 51.0 Å². The first-order valence-electron chi connectivity index (χ1n) is 8.77. The fourth-order valence-electron chi connectivity index (χ4n) is 3.41. The van der Waals surface area contributed by atoms with Crippen molar-refractivity contribution in [2.75, 3.05) is 6.54 Å². The zero-order chi connectivity index (χ0) is 17.7. The van der Waals surface area contributed by atoms with Crippen LogP contribution in [0.2, 0.25) is 0 Å². The van der Waals surface area contributed by atoms with Gasteiger partial charge in [0.2, 0.25) is 11.8 Å². The number of nitrogens with one attached hydrogen (secondary N) is 1. The van der Waals surface area contributed by atoms with Crippen molar-refractivity contribution in [1.29, 1.82) is 0 Å². The van der Waals surface area contributed by atoms with Gasteiger partial charge < -0.3 is 15.3 Å². The summed E-state index contributed by atoms with van der Waals surface area (Å²) in [6.45, 7) is 6.25. The lowest BCUT2D eigenvalue weighted by Crippen LogP contribution is -2.53. The van der Waals surface area contributed by atoms with Crippen LogP contribution in [0.4, 0.5) is 0 Å². The van der Waals surface area contributed by atoms with Gasteiger partial charge in [-0.15, -0.1) is 0 Å². The van der Waals surface area contributed by atoms with E-state index >= 15 is 0 Å². The summed E-state index contributed by atoms with van der Waals surface area (Å²) in [4.78, 5) is 26.2.